The van der Waals surface area contributed by atoms with Gasteiger partial charge in [0.2, 0.25) is 0 Å². The van der Waals surface area contributed by atoms with Gasteiger partial charge in [0.1, 0.15) is 5.69 Å². The summed E-state index contributed by atoms with van der Waals surface area (Å²) in [5.74, 6) is -0.325. The summed E-state index contributed by atoms with van der Waals surface area (Å²) in [7, 11) is 0. The Morgan fingerprint density at radius 1 is 1.03 bits per heavy atom. The Balaban J connectivity index is 1.37. The number of aryl methyl sites for hydroxylation is 1. The number of fused-ring (bicyclic) bond motifs is 1. The lowest BCUT2D eigenvalue weighted by atomic mass is 10.1. The van der Waals surface area contributed by atoms with Crippen LogP contribution in [0.2, 0.25) is 0 Å². The van der Waals surface area contributed by atoms with Crippen molar-refractivity contribution in [2.24, 2.45) is 0 Å². The standard InChI is InChI=1S/C24H26N4O2/c1-18(12-13-19-8-4-2-5-9-19)25-23(29)21-16-22-24(30)27(14-15-28(22)26-21)17-20-10-6-3-7-11-20/h2-11,16,18H,12-15,17H2,1H3,(H,25,29). The van der Waals surface area contributed by atoms with E-state index in [9.17, 15) is 9.59 Å². The number of nitrogens with zero attached hydrogens (tertiary/aromatic N) is 3. The Bertz CT molecular complexity index is 1010. The number of hydrogen-bond donors (Lipinski definition) is 1. The van der Waals surface area contributed by atoms with Crippen molar-refractivity contribution in [3.05, 3.63) is 89.2 Å². The Morgan fingerprint density at radius 2 is 1.70 bits per heavy atom. The predicted molar refractivity (Wildman–Crippen MR) is 115 cm³/mol. The monoisotopic (exact) mass is 402 g/mol. The van der Waals surface area contributed by atoms with Crippen molar-refractivity contribution >= 4 is 11.8 Å². The number of benzene rings is 2. The summed E-state index contributed by atoms with van der Waals surface area (Å²) in [6, 6.07) is 21.8. The minimum absolute atomic E-state index is 0.0155. The topological polar surface area (TPSA) is 67.2 Å². The number of carbonyl (C=O) groups excluding carboxylic acids is 2. The molecule has 6 nitrogen and oxygen atoms in total. The highest BCUT2D eigenvalue weighted by molar-refractivity contribution is 5.98. The van der Waals surface area contributed by atoms with Gasteiger partial charge < -0.3 is 10.2 Å². The van der Waals surface area contributed by atoms with Crippen molar-refractivity contribution < 1.29 is 9.59 Å². The molecule has 2 amide bonds. The molecule has 0 saturated carbocycles. The molecular formula is C24H26N4O2. The van der Waals surface area contributed by atoms with Gasteiger partial charge in [-0.05, 0) is 30.9 Å². The van der Waals surface area contributed by atoms with E-state index in [2.05, 4.69) is 22.5 Å². The SMILES string of the molecule is CC(CCc1ccccc1)NC(=O)c1cc2n(n1)CCN(Cc1ccccc1)C2=O. The molecule has 0 radical (unpaired) electrons. The highest BCUT2D eigenvalue weighted by Gasteiger charge is 2.28. The molecule has 3 aromatic rings. The van der Waals surface area contributed by atoms with Gasteiger partial charge in [0.05, 0.1) is 6.54 Å². The Labute approximate surface area is 176 Å². The molecule has 0 bridgehead atoms. The molecule has 0 saturated heterocycles. The van der Waals surface area contributed by atoms with Crippen LogP contribution in [0, 0.1) is 0 Å². The van der Waals surface area contributed by atoms with Crippen molar-refractivity contribution in [3.8, 4) is 0 Å². The fourth-order valence-corrected chi connectivity index (χ4v) is 3.70. The third-order valence-corrected chi connectivity index (χ3v) is 5.40. The second-order valence-corrected chi connectivity index (χ2v) is 7.75. The molecule has 4 rings (SSSR count). The summed E-state index contributed by atoms with van der Waals surface area (Å²) in [4.78, 5) is 27.3. The number of nitrogens with one attached hydrogen (secondary N) is 1. The molecule has 1 atom stereocenters. The predicted octanol–water partition coefficient (Wildman–Crippen LogP) is 3.29. The van der Waals surface area contributed by atoms with E-state index in [1.165, 1.54) is 5.56 Å². The first kappa shape index (κ1) is 19.9. The molecule has 2 heterocycles. The number of hydrogen-bond acceptors (Lipinski definition) is 3. The minimum Gasteiger partial charge on any atom is -0.348 e. The van der Waals surface area contributed by atoms with Crippen molar-refractivity contribution in [2.45, 2.75) is 38.9 Å². The summed E-state index contributed by atoms with van der Waals surface area (Å²) >= 11 is 0. The van der Waals surface area contributed by atoms with Gasteiger partial charge in [-0.15, -0.1) is 0 Å². The first-order chi connectivity index (χ1) is 14.6. The van der Waals surface area contributed by atoms with Crippen LogP contribution < -0.4 is 5.32 Å². The summed E-state index contributed by atoms with van der Waals surface area (Å²) in [6.07, 6.45) is 1.74. The molecular weight excluding hydrogens is 376 g/mol. The summed E-state index contributed by atoms with van der Waals surface area (Å²) in [6.45, 7) is 3.72. The average molecular weight is 402 g/mol. The second-order valence-electron chi connectivity index (χ2n) is 7.75. The van der Waals surface area contributed by atoms with Crippen LogP contribution in [0.5, 0.6) is 0 Å². The molecule has 1 N–H and O–H groups in total. The lowest BCUT2D eigenvalue weighted by molar-refractivity contribution is 0.0683. The Kier molecular flexibility index (Phi) is 5.93. The van der Waals surface area contributed by atoms with Crippen LogP contribution >= 0.6 is 0 Å². The van der Waals surface area contributed by atoms with Crippen molar-refractivity contribution in [1.29, 1.82) is 0 Å². The second kappa shape index (κ2) is 8.95. The smallest absolute Gasteiger partial charge is 0.272 e. The Hall–Kier alpha value is -3.41. The molecule has 1 aromatic heterocycles. The van der Waals surface area contributed by atoms with Crippen LogP contribution in [0.1, 0.15) is 45.4 Å². The fraction of sp³-hybridized carbons (Fsp3) is 0.292. The largest absolute Gasteiger partial charge is 0.348 e. The van der Waals surface area contributed by atoms with E-state index in [1.807, 2.05) is 55.5 Å². The van der Waals surface area contributed by atoms with E-state index in [1.54, 1.807) is 15.6 Å². The van der Waals surface area contributed by atoms with E-state index >= 15 is 0 Å². The fourth-order valence-electron chi connectivity index (χ4n) is 3.70. The molecule has 1 aliphatic rings. The van der Waals surface area contributed by atoms with Crippen LogP contribution in [0.4, 0.5) is 0 Å². The molecule has 0 fully saturated rings. The zero-order valence-electron chi connectivity index (χ0n) is 17.1. The lowest BCUT2D eigenvalue weighted by Gasteiger charge is -2.27. The lowest BCUT2D eigenvalue weighted by Crippen LogP contribution is -2.39. The zero-order valence-corrected chi connectivity index (χ0v) is 17.1. The third-order valence-electron chi connectivity index (χ3n) is 5.40. The maximum atomic E-state index is 12.9. The van der Waals surface area contributed by atoms with E-state index in [0.717, 1.165) is 18.4 Å². The van der Waals surface area contributed by atoms with E-state index in [-0.39, 0.29) is 17.9 Å². The van der Waals surface area contributed by atoms with Gasteiger partial charge >= 0.3 is 0 Å². The molecule has 1 unspecified atom stereocenters. The number of rotatable bonds is 7. The van der Waals surface area contributed by atoms with Gasteiger partial charge in [-0.1, -0.05) is 60.7 Å². The molecule has 30 heavy (non-hydrogen) atoms. The van der Waals surface area contributed by atoms with Gasteiger partial charge in [0, 0.05) is 25.2 Å². The van der Waals surface area contributed by atoms with Gasteiger partial charge in [-0.3, -0.25) is 14.3 Å². The average Bonchev–Trinajstić information content (AvgIpc) is 3.21. The van der Waals surface area contributed by atoms with Gasteiger partial charge in [-0.2, -0.15) is 5.10 Å². The summed E-state index contributed by atoms with van der Waals surface area (Å²) in [5.41, 5.74) is 3.11. The third kappa shape index (κ3) is 4.59. The maximum absolute atomic E-state index is 12.9. The first-order valence-corrected chi connectivity index (χ1v) is 10.4. The quantitative estimate of drug-likeness (QED) is 0.659. The maximum Gasteiger partial charge on any atom is 0.272 e. The van der Waals surface area contributed by atoms with Crippen LogP contribution in [-0.4, -0.2) is 39.1 Å². The molecule has 0 spiro atoms. The van der Waals surface area contributed by atoms with E-state index in [4.69, 9.17) is 0 Å². The van der Waals surface area contributed by atoms with Crippen LogP contribution in [0.3, 0.4) is 0 Å². The zero-order chi connectivity index (χ0) is 20.9. The molecule has 154 valence electrons. The summed E-state index contributed by atoms with van der Waals surface area (Å²) in [5, 5.41) is 7.37. The van der Waals surface area contributed by atoms with Gasteiger partial charge in [-0.25, -0.2) is 0 Å². The van der Waals surface area contributed by atoms with Crippen molar-refractivity contribution in [2.75, 3.05) is 6.54 Å². The van der Waals surface area contributed by atoms with Gasteiger partial charge in [0.25, 0.3) is 11.8 Å². The van der Waals surface area contributed by atoms with Crippen molar-refractivity contribution in [3.63, 3.8) is 0 Å². The highest BCUT2D eigenvalue weighted by atomic mass is 16.2. The van der Waals surface area contributed by atoms with Gasteiger partial charge in [0.15, 0.2) is 5.69 Å². The molecule has 0 aliphatic carbocycles. The Morgan fingerprint density at radius 3 is 2.40 bits per heavy atom. The summed E-state index contributed by atoms with van der Waals surface area (Å²) < 4.78 is 1.65. The number of amides is 2. The van der Waals surface area contributed by atoms with Crippen LogP contribution in [-0.2, 0) is 19.5 Å². The van der Waals surface area contributed by atoms with Crippen molar-refractivity contribution in [1.82, 2.24) is 20.0 Å². The van der Waals surface area contributed by atoms with Crippen LogP contribution in [0.25, 0.3) is 0 Å². The first-order valence-electron chi connectivity index (χ1n) is 10.4. The molecule has 6 heteroatoms. The normalized spacial score (nSPS) is 14.3. The minimum atomic E-state index is -0.236. The molecule has 2 aromatic carbocycles. The highest BCUT2D eigenvalue weighted by Crippen LogP contribution is 2.17. The van der Waals surface area contributed by atoms with Crippen LogP contribution in [0.15, 0.2) is 66.7 Å². The number of carbonyl (C=O) groups is 2. The van der Waals surface area contributed by atoms with E-state index < -0.39 is 0 Å². The molecule has 1 aliphatic heterocycles. The number of aromatic nitrogens is 2. The van der Waals surface area contributed by atoms with E-state index in [0.29, 0.717) is 31.0 Å².